The van der Waals surface area contributed by atoms with Crippen LogP contribution in [0.3, 0.4) is 0 Å². The van der Waals surface area contributed by atoms with E-state index in [0.717, 1.165) is 12.5 Å². The molecule has 1 unspecified atom stereocenters. The van der Waals surface area contributed by atoms with Gasteiger partial charge < -0.3 is 14.4 Å². The maximum Gasteiger partial charge on any atom is 0.352 e. The van der Waals surface area contributed by atoms with Crippen LogP contribution in [0, 0.1) is 11.3 Å². The van der Waals surface area contributed by atoms with E-state index in [-0.39, 0.29) is 16.9 Å². The van der Waals surface area contributed by atoms with Crippen LogP contribution in [0.1, 0.15) is 30.8 Å². The van der Waals surface area contributed by atoms with Gasteiger partial charge in [-0.3, -0.25) is 4.79 Å². The van der Waals surface area contributed by atoms with Crippen LogP contribution in [0.25, 0.3) is 0 Å². The van der Waals surface area contributed by atoms with E-state index in [0.29, 0.717) is 12.5 Å². The minimum Gasteiger partial charge on any atom is -0.491 e. The molecule has 1 heterocycles. The lowest BCUT2D eigenvalue weighted by atomic mass is 10.1. The van der Waals surface area contributed by atoms with E-state index < -0.39 is 11.4 Å². The zero-order valence-electron chi connectivity index (χ0n) is 10.8. The Kier molecular flexibility index (Phi) is 2.92. The lowest BCUT2D eigenvalue weighted by molar-refractivity contribution is 0.0683. The van der Waals surface area contributed by atoms with Gasteiger partial charge in [-0.15, -0.1) is 0 Å². The first-order valence-corrected chi connectivity index (χ1v) is 5.87. The quantitative estimate of drug-likeness (QED) is 0.882. The van der Waals surface area contributed by atoms with Crippen molar-refractivity contribution in [2.75, 3.05) is 7.11 Å². The van der Waals surface area contributed by atoms with Crippen molar-refractivity contribution in [3.8, 4) is 5.75 Å². The molecule has 5 nitrogen and oxygen atoms in total. The SMILES string of the molecule is COc1cn(CC2CC2(C)C)c(C(=O)O)cc1=O. The van der Waals surface area contributed by atoms with Crippen molar-refractivity contribution in [1.29, 1.82) is 0 Å². The molecule has 1 aromatic rings. The topological polar surface area (TPSA) is 68.5 Å². The molecule has 1 fully saturated rings. The van der Waals surface area contributed by atoms with Gasteiger partial charge in [0.15, 0.2) is 5.75 Å². The maximum atomic E-state index is 11.6. The highest BCUT2D eigenvalue weighted by molar-refractivity contribution is 5.85. The number of aromatic nitrogens is 1. The number of carboxylic acid groups (broad SMARTS) is 1. The van der Waals surface area contributed by atoms with Gasteiger partial charge in [-0.2, -0.15) is 0 Å². The molecule has 1 aliphatic carbocycles. The first-order valence-electron chi connectivity index (χ1n) is 5.87. The number of nitrogens with zero attached hydrogens (tertiary/aromatic N) is 1. The van der Waals surface area contributed by atoms with Crippen LogP contribution < -0.4 is 10.2 Å². The second kappa shape index (κ2) is 4.15. The van der Waals surface area contributed by atoms with E-state index in [2.05, 4.69) is 13.8 Å². The lowest BCUT2D eigenvalue weighted by Crippen LogP contribution is -2.19. The van der Waals surface area contributed by atoms with Crippen LogP contribution in [0.4, 0.5) is 0 Å². The summed E-state index contributed by atoms with van der Waals surface area (Å²) in [7, 11) is 1.41. The monoisotopic (exact) mass is 251 g/mol. The molecular weight excluding hydrogens is 234 g/mol. The van der Waals surface area contributed by atoms with Gasteiger partial charge in [0.05, 0.1) is 13.3 Å². The third-order valence-corrected chi connectivity index (χ3v) is 3.67. The Hall–Kier alpha value is -1.78. The average molecular weight is 251 g/mol. The highest BCUT2D eigenvalue weighted by Gasteiger charge is 2.45. The number of rotatable bonds is 4. The molecule has 5 heteroatoms. The third kappa shape index (κ3) is 2.25. The fraction of sp³-hybridized carbons (Fsp3) is 0.538. The van der Waals surface area contributed by atoms with E-state index in [9.17, 15) is 9.59 Å². The summed E-state index contributed by atoms with van der Waals surface area (Å²) in [6, 6.07) is 1.12. The molecule has 0 bridgehead atoms. The van der Waals surface area contributed by atoms with Crippen molar-refractivity contribution in [2.45, 2.75) is 26.8 Å². The average Bonchev–Trinajstić information content (AvgIpc) is 2.87. The third-order valence-electron chi connectivity index (χ3n) is 3.67. The van der Waals surface area contributed by atoms with E-state index in [1.165, 1.54) is 13.3 Å². The number of hydrogen-bond donors (Lipinski definition) is 1. The van der Waals surface area contributed by atoms with Gasteiger partial charge in [0.2, 0.25) is 5.43 Å². The standard InChI is InChI=1S/C13H17NO4/c1-13(2)5-8(13)6-14-7-11(18-3)10(15)4-9(14)12(16)17/h4,7-8H,5-6H2,1-3H3,(H,16,17). The lowest BCUT2D eigenvalue weighted by Gasteiger charge is -2.13. The summed E-state index contributed by atoms with van der Waals surface area (Å²) in [6.45, 7) is 4.90. The summed E-state index contributed by atoms with van der Waals surface area (Å²) >= 11 is 0. The Morgan fingerprint density at radius 1 is 1.61 bits per heavy atom. The molecule has 1 aliphatic rings. The number of ether oxygens (including phenoxy) is 1. The van der Waals surface area contributed by atoms with Crippen LogP contribution >= 0.6 is 0 Å². The highest BCUT2D eigenvalue weighted by Crippen LogP contribution is 2.52. The van der Waals surface area contributed by atoms with Crippen molar-refractivity contribution in [3.05, 3.63) is 28.2 Å². The smallest absolute Gasteiger partial charge is 0.352 e. The van der Waals surface area contributed by atoms with E-state index >= 15 is 0 Å². The van der Waals surface area contributed by atoms with Crippen LogP contribution in [0.15, 0.2) is 17.1 Å². The maximum absolute atomic E-state index is 11.6. The molecule has 0 aliphatic heterocycles. The van der Waals surface area contributed by atoms with Crippen molar-refractivity contribution >= 4 is 5.97 Å². The Morgan fingerprint density at radius 2 is 2.22 bits per heavy atom. The summed E-state index contributed by atoms with van der Waals surface area (Å²) < 4.78 is 6.55. The molecule has 98 valence electrons. The van der Waals surface area contributed by atoms with Crippen molar-refractivity contribution in [2.24, 2.45) is 11.3 Å². The molecule has 0 amide bonds. The predicted molar refractivity (Wildman–Crippen MR) is 66.1 cm³/mol. The highest BCUT2D eigenvalue weighted by atomic mass is 16.5. The fourth-order valence-corrected chi connectivity index (χ4v) is 2.17. The molecule has 1 atom stereocenters. The van der Waals surface area contributed by atoms with Gasteiger partial charge in [-0.1, -0.05) is 13.8 Å². The largest absolute Gasteiger partial charge is 0.491 e. The molecular formula is C13H17NO4. The second-order valence-electron chi connectivity index (χ2n) is 5.44. The molecule has 2 rings (SSSR count). The fourth-order valence-electron chi connectivity index (χ4n) is 2.17. The Morgan fingerprint density at radius 3 is 2.67 bits per heavy atom. The minimum absolute atomic E-state index is 0.0171. The first-order chi connectivity index (χ1) is 8.35. The molecule has 0 spiro atoms. The normalized spacial score (nSPS) is 20.5. The van der Waals surface area contributed by atoms with Crippen LogP contribution in [0.2, 0.25) is 0 Å². The predicted octanol–water partition coefficient (Wildman–Crippen LogP) is 1.60. The van der Waals surface area contributed by atoms with Crippen LogP contribution in [-0.2, 0) is 6.54 Å². The number of methoxy groups -OCH3 is 1. The summed E-state index contributed by atoms with van der Waals surface area (Å²) in [5, 5.41) is 9.12. The van der Waals surface area contributed by atoms with Gasteiger partial charge in [0.25, 0.3) is 0 Å². The minimum atomic E-state index is -1.09. The molecule has 0 saturated heterocycles. The number of aromatic carboxylic acids is 1. The summed E-state index contributed by atoms with van der Waals surface area (Å²) in [6.07, 6.45) is 2.56. The Labute approximate surface area is 105 Å². The van der Waals surface area contributed by atoms with Crippen molar-refractivity contribution < 1.29 is 14.6 Å². The van der Waals surface area contributed by atoms with E-state index in [1.807, 2.05) is 0 Å². The number of hydrogen-bond acceptors (Lipinski definition) is 3. The van der Waals surface area contributed by atoms with Crippen molar-refractivity contribution in [1.82, 2.24) is 4.57 Å². The zero-order chi connectivity index (χ0) is 13.5. The van der Waals surface area contributed by atoms with E-state index in [1.54, 1.807) is 4.57 Å². The molecule has 18 heavy (non-hydrogen) atoms. The van der Waals surface area contributed by atoms with Crippen molar-refractivity contribution in [3.63, 3.8) is 0 Å². The Bertz CT molecular complexity index is 544. The summed E-state index contributed by atoms with van der Waals surface area (Å²) in [4.78, 5) is 22.7. The number of pyridine rings is 1. The van der Waals surface area contributed by atoms with Gasteiger partial charge >= 0.3 is 5.97 Å². The summed E-state index contributed by atoms with van der Waals surface area (Å²) in [5.74, 6) is -0.463. The van der Waals surface area contributed by atoms with Gasteiger partial charge in [0, 0.05) is 12.6 Å². The molecule has 1 aromatic heterocycles. The van der Waals surface area contributed by atoms with Crippen LogP contribution in [-0.4, -0.2) is 22.8 Å². The second-order valence-corrected chi connectivity index (χ2v) is 5.44. The zero-order valence-corrected chi connectivity index (χ0v) is 10.8. The first kappa shape index (κ1) is 12.7. The van der Waals surface area contributed by atoms with Crippen LogP contribution in [0.5, 0.6) is 5.75 Å². The van der Waals surface area contributed by atoms with Gasteiger partial charge in [-0.05, 0) is 17.8 Å². The Balaban J connectivity index is 2.37. The molecule has 0 aromatic carbocycles. The van der Waals surface area contributed by atoms with Gasteiger partial charge in [-0.25, -0.2) is 4.79 Å². The molecule has 0 radical (unpaired) electrons. The number of carboxylic acids is 1. The number of carbonyl (C=O) groups is 1. The molecule has 1 N–H and O–H groups in total. The molecule has 1 saturated carbocycles. The van der Waals surface area contributed by atoms with E-state index in [4.69, 9.17) is 9.84 Å². The summed E-state index contributed by atoms with van der Waals surface area (Å²) in [5.41, 5.74) is -0.128. The van der Waals surface area contributed by atoms with Gasteiger partial charge in [0.1, 0.15) is 5.69 Å².